The van der Waals surface area contributed by atoms with Gasteiger partial charge < -0.3 is 5.73 Å². The van der Waals surface area contributed by atoms with Crippen LogP contribution in [0.4, 0.5) is 0 Å². The predicted octanol–water partition coefficient (Wildman–Crippen LogP) is 3.63. The molecule has 0 radical (unpaired) electrons. The summed E-state index contributed by atoms with van der Waals surface area (Å²) in [7, 11) is 0. The molecule has 0 bridgehead atoms. The third-order valence-corrected chi connectivity index (χ3v) is 3.30. The van der Waals surface area contributed by atoms with E-state index in [1.165, 1.54) is 3.57 Å². The monoisotopic (exact) mass is 351 g/mol. The molecule has 0 fully saturated rings. The number of halogens is 2. The lowest BCUT2D eigenvalue weighted by Gasteiger charge is -2.13. The van der Waals surface area contributed by atoms with E-state index in [9.17, 15) is 0 Å². The van der Waals surface area contributed by atoms with Crippen molar-refractivity contribution < 1.29 is 0 Å². The molecule has 0 saturated carbocycles. The molecule has 1 rings (SSSR count). The van der Waals surface area contributed by atoms with E-state index in [4.69, 9.17) is 5.73 Å². The van der Waals surface area contributed by atoms with Gasteiger partial charge in [0.2, 0.25) is 0 Å². The van der Waals surface area contributed by atoms with Crippen molar-refractivity contribution in [3.05, 3.63) is 44.0 Å². The van der Waals surface area contributed by atoms with Gasteiger partial charge >= 0.3 is 0 Å². The topological polar surface area (TPSA) is 26.0 Å². The van der Waals surface area contributed by atoms with Gasteiger partial charge in [-0.25, -0.2) is 0 Å². The van der Waals surface area contributed by atoms with Crippen molar-refractivity contribution in [1.82, 2.24) is 0 Å². The molecule has 1 atom stereocenters. The normalized spacial score (nSPS) is 12.6. The minimum Gasteiger partial charge on any atom is -0.321 e. The molecule has 0 amide bonds. The van der Waals surface area contributed by atoms with E-state index in [0.717, 1.165) is 15.6 Å². The zero-order chi connectivity index (χ0) is 10.0. The van der Waals surface area contributed by atoms with Crippen LogP contribution in [0, 0.1) is 3.57 Å². The average Bonchev–Trinajstić information content (AvgIpc) is 2.08. The zero-order valence-corrected chi connectivity index (χ0v) is 11.1. The Morgan fingerprint density at radius 2 is 2.23 bits per heavy atom. The molecule has 1 aromatic carbocycles. The molecule has 13 heavy (non-hydrogen) atoms. The summed E-state index contributed by atoms with van der Waals surface area (Å²) < 4.78 is 2.23. The molecule has 0 aliphatic carbocycles. The Bertz CT molecular complexity index is 336. The Morgan fingerprint density at radius 1 is 1.62 bits per heavy atom. The summed E-state index contributed by atoms with van der Waals surface area (Å²) in [6.07, 6.45) is 0. The summed E-state index contributed by atoms with van der Waals surface area (Å²) in [5.41, 5.74) is 8.09. The molecular weight excluding hydrogens is 341 g/mol. The first-order valence-corrected chi connectivity index (χ1v) is 5.75. The SMILES string of the molecule is C=C(C)C(N)c1cc(Br)ccc1I. The lowest BCUT2D eigenvalue weighted by Crippen LogP contribution is -2.12. The van der Waals surface area contributed by atoms with E-state index in [1.54, 1.807) is 0 Å². The van der Waals surface area contributed by atoms with Crippen molar-refractivity contribution in [3.63, 3.8) is 0 Å². The summed E-state index contributed by atoms with van der Waals surface area (Å²) in [6, 6.07) is 6.03. The molecule has 1 aromatic rings. The summed E-state index contributed by atoms with van der Waals surface area (Å²) in [4.78, 5) is 0. The fraction of sp³-hybridized carbons (Fsp3) is 0.200. The second kappa shape index (κ2) is 4.57. The highest BCUT2D eigenvalue weighted by Crippen LogP contribution is 2.25. The molecule has 3 heteroatoms. The summed E-state index contributed by atoms with van der Waals surface area (Å²) in [5.74, 6) is 0. The minimum atomic E-state index is -0.0654. The standard InChI is InChI=1S/C10H11BrIN/c1-6(2)10(13)8-5-7(11)3-4-9(8)12/h3-5,10H,1,13H2,2H3. The number of benzene rings is 1. The van der Waals surface area contributed by atoms with Crippen LogP contribution in [0.15, 0.2) is 34.8 Å². The molecule has 0 aromatic heterocycles. The van der Waals surface area contributed by atoms with Gasteiger partial charge in [0.25, 0.3) is 0 Å². The van der Waals surface area contributed by atoms with Crippen LogP contribution in [0.3, 0.4) is 0 Å². The van der Waals surface area contributed by atoms with Crippen LogP contribution in [-0.2, 0) is 0 Å². The van der Waals surface area contributed by atoms with E-state index in [-0.39, 0.29) is 6.04 Å². The van der Waals surface area contributed by atoms with Crippen LogP contribution >= 0.6 is 38.5 Å². The number of hydrogen-bond acceptors (Lipinski definition) is 1. The van der Waals surface area contributed by atoms with Crippen LogP contribution in [0.25, 0.3) is 0 Å². The number of nitrogens with two attached hydrogens (primary N) is 1. The van der Waals surface area contributed by atoms with Crippen molar-refractivity contribution in [1.29, 1.82) is 0 Å². The van der Waals surface area contributed by atoms with E-state index < -0.39 is 0 Å². The van der Waals surface area contributed by atoms with Gasteiger partial charge in [-0.2, -0.15) is 0 Å². The summed E-state index contributed by atoms with van der Waals surface area (Å²) in [6.45, 7) is 5.80. The lowest BCUT2D eigenvalue weighted by atomic mass is 10.0. The van der Waals surface area contributed by atoms with E-state index in [2.05, 4.69) is 45.1 Å². The van der Waals surface area contributed by atoms with Gasteiger partial charge in [0.15, 0.2) is 0 Å². The second-order valence-electron chi connectivity index (χ2n) is 2.99. The van der Waals surface area contributed by atoms with Crippen molar-refractivity contribution in [2.45, 2.75) is 13.0 Å². The van der Waals surface area contributed by atoms with Gasteiger partial charge in [0, 0.05) is 8.04 Å². The Kier molecular flexibility index (Phi) is 3.94. The fourth-order valence-corrected chi connectivity index (χ4v) is 2.07. The first kappa shape index (κ1) is 11.2. The van der Waals surface area contributed by atoms with E-state index >= 15 is 0 Å². The highest BCUT2D eigenvalue weighted by atomic mass is 127. The maximum Gasteiger partial charge on any atom is 0.0516 e. The fourth-order valence-electron chi connectivity index (χ4n) is 1.02. The smallest absolute Gasteiger partial charge is 0.0516 e. The van der Waals surface area contributed by atoms with E-state index in [1.807, 2.05) is 25.1 Å². The third-order valence-electron chi connectivity index (χ3n) is 1.82. The average molecular weight is 352 g/mol. The van der Waals surface area contributed by atoms with E-state index in [0.29, 0.717) is 0 Å². The van der Waals surface area contributed by atoms with Crippen molar-refractivity contribution in [2.75, 3.05) is 0 Å². The lowest BCUT2D eigenvalue weighted by molar-refractivity contribution is 0.844. The van der Waals surface area contributed by atoms with Gasteiger partial charge in [-0.05, 0) is 53.3 Å². The van der Waals surface area contributed by atoms with Crippen LogP contribution in [0.5, 0.6) is 0 Å². The molecular formula is C10H11BrIN. The van der Waals surface area contributed by atoms with Gasteiger partial charge in [-0.1, -0.05) is 28.1 Å². The molecule has 70 valence electrons. The van der Waals surface area contributed by atoms with Crippen molar-refractivity contribution in [3.8, 4) is 0 Å². The molecule has 2 N–H and O–H groups in total. The summed E-state index contributed by atoms with van der Waals surface area (Å²) >= 11 is 5.71. The van der Waals surface area contributed by atoms with Gasteiger partial charge in [0.1, 0.15) is 0 Å². The van der Waals surface area contributed by atoms with Crippen LogP contribution in [0.1, 0.15) is 18.5 Å². The van der Waals surface area contributed by atoms with Crippen LogP contribution < -0.4 is 5.73 Å². The van der Waals surface area contributed by atoms with Gasteiger partial charge in [-0.15, -0.1) is 0 Å². The first-order valence-electron chi connectivity index (χ1n) is 3.88. The molecule has 0 spiro atoms. The molecule has 0 aliphatic heterocycles. The maximum absolute atomic E-state index is 5.98. The van der Waals surface area contributed by atoms with Crippen molar-refractivity contribution in [2.24, 2.45) is 5.73 Å². The minimum absolute atomic E-state index is 0.0654. The molecule has 1 unspecified atom stereocenters. The first-order chi connectivity index (χ1) is 6.02. The Labute approximate surface area is 101 Å². The molecule has 0 aliphatic rings. The highest BCUT2D eigenvalue weighted by Gasteiger charge is 2.10. The Hall–Kier alpha value is 0.130. The molecule has 0 saturated heterocycles. The summed E-state index contributed by atoms with van der Waals surface area (Å²) in [5, 5.41) is 0. The van der Waals surface area contributed by atoms with Gasteiger partial charge in [-0.3, -0.25) is 0 Å². The van der Waals surface area contributed by atoms with Crippen molar-refractivity contribution >= 4 is 38.5 Å². The quantitative estimate of drug-likeness (QED) is 0.639. The molecule has 0 heterocycles. The number of rotatable bonds is 2. The third kappa shape index (κ3) is 2.79. The van der Waals surface area contributed by atoms with Crippen LogP contribution in [0.2, 0.25) is 0 Å². The molecule has 1 nitrogen and oxygen atoms in total. The van der Waals surface area contributed by atoms with Crippen LogP contribution in [-0.4, -0.2) is 0 Å². The second-order valence-corrected chi connectivity index (χ2v) is 5.07. The Morgan fingerprint density at radius 3 is 2.77 bits per heavy atom. The largest absolute Gasteiger partial charge is 0.321 e. The maximum atomic E-state index is 5.98. The zero-order valence-electron chi connectivity index (χ0n) is 7.35. The predicted molar refractivity (Wildman–Crippen MR) is 68.6 cm³/mol. The Balaban J connectivity index is 3.12. The van der Waals surface area contributed by atoms with Gasteiger partial charge in [0.05, 0.1) is 6.04 Å². The number of hydrogen-bond donors (Lipinski definition) is 1. The highest BCUT2D eigenvalue weighted by molar-refractivity contribution is 14.1.